The third kappa shape index (κ3) is 7.39. The minimum atomic E-state index is -4.15. The van der Waals surface area contributed by atoms with Crippen molar-refractivity contribution in [1.82, 2.24) is 0 Å². The van der Waals surface area contributed by atoms with Gasteiger partial charge >= 0.3 is 5.97 Å². The number of nitro groups is 2. The van der Waals surface area contributed by atoms with E-state index in [1.165, 1.54) is 46.6 Å². The van der Waals surface area contributed by atoms with Gasteiger partial charge in [0.25, 0.3) is 21.4 Å². The highest BCUT2D eigenvalue weighted by atomic mass is 32.2. The predicted molar refractivity (Wildman–Crippen MR) is 145 cm³/mol. The maximum atomic E-state index is 12.8. The fourth-order valence-corrected chi connectivity index (χ4v) is 4.29. The summed E-state index contributed by atoms with van der Waals surface area (Å²) in [6.07, 6.45) is 1.25. The van der Waals surface area contributed by atoms with Crippen LogP contribution in [0.5, 0.6) is 28.7 Å². The molecule has 0 unspecified atom stereocenters. The smallest absolute Gasteiger partial charge is 0.344 e. The Morgan fingerprint density at radius 3 is 1.83 bits per heavy atom. The van der Waals surface area contributed by atoms with Crippen molar-refractivity contribution in [1.29, 1.82) is 0 Å². The Bertz CT molecular complexity index is 1580. The van der Waals surface area contributed by atoms with Crippen LogP contribution in [0, 0.1) is 20.2 Å². The van der Waals surface area contributed by atoms with Gasteiger partial charge in [0.05, 0.1) is 66.6 Å². The van der Waals surface area contributed by atoms with Gasteiger partial charge in [-0.3, -0.25) is 25.0 Å². The molecule has 3 aromatic rings. The normalized spacial score (nSPS) is 11.0. The molecular weight excluding hydrogens is 566 g/mol. The number of non-ortho nitro benzene ring substituents is 2. The van der Waals surface area contributed by atoms with E-state index in [0.29, 0.717) is 17.4 Å². The van der Waals surface area contributed by atoms with Gasteiger partial charge in [-0.2, -0.15) is 0 Å². The van der Waals surface area contributed by atoms with Crippen LogP contribution >= 0.6 is 0 Å². The first-order chi connectivity index (χ1) is 19.4. The van der Waals surface area contributed by atoms with Gasteiger partial charge in [-0.05, 0) is 18.2 Å². The number of rotatable bonds is 12. The second-order valence-corrected chi connectivity index (χ2v) is 9.47. The van der Waals surface area contributed by atoms with Gasteiger partial charge in [-0.25, -0.2) is 13.2 Å². The van der Waals surface area contributed by atoms with E-state index in [0.717, 1.165) is 23.6 Å². The van der Waals surface area contributed by atoms with Crippen LogP contribution in [0.2, 0.25) is 0 Å². The van der Waals surface area contributed by atoms with Gasteiger partial charge in [0, 0.05) is 30.3 Å². The van der Waals surface area contributed by atoms with Crippen molar-refractivity contribution in [3.63, 3.8) is 0 Å². The molecule has 0 aliphatic rings. The van der Waals surface area contributed by atoms with E-state index >= 15 is 0 Å². The number of hydrogen-bond acceptors (Lipinski definition) is 12. The van der Waals surface area contributed by atoms with Gasteiger partial charge in [0.2, 0.25) is 0 Å². The Morgan fingerprint density at radius 1 is 0.780 bits per heavy atom. The van der Waals surface area contributed by atoms with E-state index in [1.54, 1.807) is 12.1 Å². The number of nitrogens with zero attached hydrogens (tertiary/aromatic N) is 2. The summed E-state index contributed by atoms with van der Waals surface area (Å²) in [5, 5.41) is 23.2. The second-order valence-electron chi connectivity index (χ2n) is 7.90. The number of methoxy groups -OCH3 is 4. The van der Waals surface area contributed by atoms with Crippen molar-refractivity contribution in [2.24, 2.45) is 0 Å². The zero-order valence-electron chi connectivity index (χ0n) is 22.0. The number of anilines is 1. The van der Waals surface area contributed by atoms with E-state index in [-0.39, 0.29) is 28.7 Å². The third-order valence-electron chi connectivity index (χ3n) is 5.35. The lowest BCUT2D eigenvalue weighted by Crippen LogP contribution is -2.12. The fourth-order valence-electron chi connectivity index (χ4n) is 3.46. The second kappa shape index (κ2) is 12.6. The van der Waals surface area contributed by atoms with Crippen molar-refractivity contribution < 1.29 is 46.7 Å². The molecule has 0 saturated carbocycles. The standard InChI is InChI=1S/C25H23N3O12S/c1-36-19-13-22(38-3)20(23(14-19)39-4)7-8-41(34,35)26-16-5-6-21(37-2)24(11-16)40-25(29)15-9-17(27(30)31)12-18(10-15)28(32)33/h5-14,26H,1-4H3/b8-7+. The Hall–Kier alpha value is -5.38. The molecule has 0 aromatic heterocycles. The van der Waals surface area contributed by atoms with Crippen LogP contribution in [0.4, 0.5) is 17.1 Å². The van der Waals surface area contributed by atoms with Crippen molar-refractivity contribution in [2.45, 2.75) is 0 Å². The molecule has 15 nitrogen and oxygen atoms in total. The van der Waals surface area contributed by atoms with Crippen LogP contribution in [-0.4, -0.2) is 52.7 Å². The first-order valence-electron chi connectivity index (χ1n) is 11.3. The quantitative estimate of drug-likeness (QED) is 0.137. The molecule has 0 aliphatic carbocycles. The highest BCUT2D eigenvalue weighted by Gasteiger charge is 2.22. The first-order valence-corrected chi connectivity index (χ1v) is 12.8. The molecule has 0 heterocycles. The molecule has 41 heavy (non-hydrogen) atoms. The molecule has 0 radical (unpaired) electrons. The lowest BCUT2D eigenvalue weighted by Gasteiger charge is -2.13. The zero-order valence-corrected chi connectivity index (χ0v) is 22.8. The summed E-state index contributed by atoms with van der Waals surface area (Å²) in [6, 6.07) is 9.15. The maximum absolute atomic E-state index is 12.8. The molecule has 0 aliphatic heterocycles. The molecule has 1 N–H and O–H groups in total. The monoisotopic (exact) mass is 589 g/mol. The summed E-state index contributed by atoms with van der Waals surface area (Å²) in [6.45, 7) is 0. The van der Waals surface area contributed by atoms with Crippen LogP contribution < -0.4 is 28.4 Å². The maximum Gasteiger partial charge on any atom is 0.344 e. The molecule has 0 fully saturated rings. The largest absolute Gasteiger partial charge is 0.496 e. The molecule has 0 saturated heterocycles. The van der Waals surface area contributed by atoms with Crippen molar-refractivity contribution >= 4 is 39.1 Å². The highest BCUT2D eigenvalue weighted by Crippen LogP contribution is 2.36. The summed E-state index contributed by atoms with van der Waals surface area (Å²) in [7, 11) is 1.34. The summed E-state index contributed by atoms with van der Waals surface area (Å²) in [4.78, 5) is 33.3. The number of ether oxygens (including phenoxy) is 5. The number of carbonyl (C=O) groups is 1. The lowest BCUT2D eigenvalue weighted by atomic mass is 10.1. The fraction of sp³-hybridized carbons (Fsp3) is 0.160. The van der Waals surface area contributed by atoms with Gasteiger partial charge in [-0.1, -0.05) is 0 Å². The van der Waals surface area contributed by atoms with Crippen molar-refractivity contribution in [3.05, 3.63) is 85.3 Å². The van der Waals surface area contributed by atoms with Crippen molar-refractivity contribution in [2.75, 3.05) is 33.2 Å². The number of sulfonamides is 1. The number of nitro benzene ring substituents is 2. The first kappa shape index (κ1) is 30.2. The molecule has 0 spiro atoms. The molecule has 3 rings (SSSR count). The topological polar surface area (TPSA) is 196 Å². The Morgan fingerprint density at radius 2 is 1.34 bits per heavy atom. The van der Waals surface area contributed by atoms with E-state index < -0.39 is 42.8 Å². The lowest BCUT2D eigenvalue weighted by molar-refractivity contribution is -0.394. The van der Waals surface area contributed by atoms with Crippen LogP contribution in [0.3, 0.4) is 0 Å². The summed E-state index contributed by atoms with van der Waals surface area (Å²) in [5.74, 6) is -0.454. The number of benzene rings is 3. The molecule has 0 bridgehead atoms. The Kier molecular flexibility index (Phi) is 9.31. The van der Waals surface area contributed by atoms with Gasteiger partial charge in [0.1, 0.15) is 17.2 Å². The SMILES string of the molecule is COc1cc(OC)c(/C=C/S(=O)(=O)Nc2ccc(OC)c(OC(=O)c3cc([N+](=O)[O-])cc([N+](=O)[O-])c3)c2)c(OC)c1. The van der Waals surface area contributed by atoms with Crippen LogP contribution in [0.25, 0.3) is 6.08 Å². The average molecular weight is 590 g/mol. The molecule has 3 aromatic carbocycles. The summed E-state index contributed by atoms with van der Waals surface area (Å²) in [5.41, 5.74) is -1.61. The van der Waals surface area contributed by atoms with E-state index in [2.05, 4.69) is 4.72 Å². The van der Waals surface area contributed by atoms with Crippen LogP contribution in [0.15, 0.2) is 53.9 Å². The molecule has 16 heteroatoms. The Labute approximate surface area is 233 Å². The van der Waals surface area contributed by atoms with Gasteiger partial charge in [-0.15, -0.1) is 0 Å². The predicted octanol–water partition coefficient (Wildman–Crippen LogP) is 4.17. The van der Waals surface area contributed by atoms with Crippen LogP contribution in [0.1, 0.15) is 15.9 Å². The molecule has 0 atom stereocenters. The van der Waals surface area contributed by atoms with E-state index in [4.69, 9.17) is 23.7 Å². The number of carbonyl (C=O) groups excluding carboxylic acids is 1. The number of nitrogens with one attached hydrogen (secondary N) is 1. The minimum absolute atomic E-state index is 0.00414. The van der Waals surface area contributed by atoms with E-state index in [1.807, 2.05) is 0 Å². The molecule has 0 amide bonds. The molecule has 216 valence electrons. The third-order valence-corrected chi connectivity index (χ3v) is 6.37. The Balaban J connectivity index is 1.90. The summed E-state index contributed by atoms with van der Waals surface area (Å²) < 4.78 is 54.1. The van der Waals surface area contributed by atoms with Crippen LogP contribution in [-0.2, 0) is 10.0 Å². The van der Waals surface area contributed by atoms with Gasteiger partial charge in [0.15, 0.2) is 11.5 Å². The van der Waals surface area contributed by atoms with Gasteiger partial charge < -0.3 is 23.7 Å². The number of esters is 1. The average Bonchev–Trinajstić information content (AvgIpc) is 2.95. The van der Waals surface area contributed by atoms with Crippen molar-refractivity contribution in [3.8, 4) is 28.7 Å². The minimum Gasteiger partial charge on any atom is -0.496 e. The highest BCUT2D eigenvalue weighted by molar-refractivity contribution is 7.95. The molecular formula is C25H23N3O12S. The number of hydrogen-bond donors (Lipinski definition) is 1. The zero-order chi connectivity index (χ0) is 30.3. The van der Waals surface area contributed by atoms with E-state index in [9.17, 15) is 33.4 Å². The summed E-state index contributed by atoms with van der Waals surface area (Å²) >= 11 is 0.